The summed E-state index contributed by atoms with van der Waals surface area (Å²) >= 11 is 0. The van der Waals surface area contributed by atoms with E-state index in [-0.39, 0.29) is 11.9 Å². The first-order chi connectivity index (χ1) is 13.7. The lowest BCUT2D eigenvalue weighted by atomic mass is 9.79. The summed E-state index contributed by atoms with van der Waals surface area (Å²) in [6, 6.07) is 0. The molecule has 0 aromatic rings. The average Bonchev–Trinajstić information content (AvgIpc) is 3.42. The zero-order valence-corrected chi connectivity index (χ0v) is 19.2. The quantitative estimate of drug-likeness (QED) is 0.195. The van der Waals surface area contributed by atoms with Gasteiger partial charge >= 0.3 is 5.97 Å². The lowest BCUT2D eigenvalue weighted by molar-refractivity contribution is -0.925. The summed E-state index contributed by atoms with van der Waals surface area (Å²) in [6.07, 6.45) is 16.9. The van der Waals surface area contributed by atoms with Gasteiger partial charge in [0.05, 0.1) is 25.6 Å². The maximum Gasteiger partial charge on any atom is 0.309 e. The van der Waals surface area contributed by atoms with Crippen molar-refractivity contribution in [2.45, 2.75) is 104 Å². The number of carbonyl (C=O) groups excluding carboxylic acids is 1. The Labute approximate surface area is 175 Å². The standard InChI is InChI=1S/C25H48NO2/c1-4-7-8-9-14-19-26(5-2,6-3)20-21-28-25(27)24(22-15-10-11-16-22)23-17-12-13-18-23/h22-24H,4-21H2,1-3H3/q+1. The topological polar surface area (TPSA) is 26.3 Å². The zero-order valence-electron chi connectivity index (χ0n) is 19.2. The summed E-state index contributed by atoms with van der Waals surface area (Å²) in [5, 5.41) is 0. The van der Waals surface area contributed by atoms with Crippen molar-refractivity contribution >= 4 is 5.97 Å². The summed E-state index contributed by atoms with van der Waals surface area (Å²) in [6.45, 7) is 12.0. The van der Waals surface area contributed by atoms with Crippen molar-refractivity contribution in [2.75, 3.05) is 32.8 Å². The maximum atomic E-state index is 13.1. The minimum absolute atomic E-state index is 0.145. The van der Waals surface area contributed by atoms with Gasteiger partial charge in [-0.3, -0.25) is 4.79 Å². The van der Waals surface area contributed by atoms with E-state index < -0.39 is 0 Å². The van der Waals surface area contributed by atoms with E-state index in [1.54, 1.807) is 0 Å². The van der Waals surface area contributed by atoms with Gasteiger partial charge in [-0.05, 0) is 64.2 Å². The highest BCUT2D eigenvalue weighted by molar-refractivity contribution is 5.73. The van der Waals surface area contributed by atoms with Crippen molar-refractivity contribution in [3.63, 3.8) is 0 Å². The van der Waals surface area contributed by atoms with Gasteiger partial charge in [0.15, 0.2) is 0 Å². The molecule has 0 heterocycles. The number of unbranched alkanes of at least 4 members (excludes halogenated alkanes) is 4. The SMILES string of the molecule is CCCCCCC[N+](CC)(CC)CCOC(=O)C(C1CCCC1)C1CCCC1. The lowest BCUT2D eigenvalue weighted by Gasteiger charge is -2.37. The highest BCUT2D eigenvalue weighted by atomic mass is 16.5. The largest absolute Gasteiger partial charge is 0.459 e. The number of esters is 1. The molecular weight excluding hydrogens is 346 g/mol. The molecule has 2 fully saturated rings. The molecule has 0 spiro atoms. The third kappa shape index (κ3) is 7.04. The smallest absolute Gasteiger partial charge is 0.309 e. The molecule has 164 valence electrons. The van der Waals surface area contributed by atoms with Gasteiger partial charge in [-0.2, -0.15) is 0 Å². The van der Waals surface area contributed by atoms with Gasteiger partial charge in [0, 0.05) is 0 Å². The summed E-state index contributed by atoms with van der Waals surface area (Å²) in [7, 11) is 0. The van der Waals surface area contributed by atoms with Gasteiger partial charge in [-0.25, -0.2) is 0 Å². The van der Waals surface area contributed by atoms with Crippen LogP contribution in [0.15, 0.2) is 0 Å². The van der Waals surface area contributed by atoms with Crippen molar-refractivity contribution in [1.82, 2.24) is 0 Å². The summed E-state index contributed by atoms with van der Waals surface area (Å²) < 4.78 is 7.09. The predicted octanol–water partition coefficient (Wildman–Crippen LogP) is 6.35. The summed E-state index contributed by atoms with van der Waals surface area (Å²) in [5.41, 5.74) is 0. The van der Waals surface area contributed by atoms with Crippen LogP contribution >= 0.6 is 0 Å². The number of carbonyl (C=O) groups is 1. The minimum atomic E-state index is 0.145. The molecular formula is C25H48NO2+. The lowest BCUT2D eigenvalue weighted by Crippen LogP contribution is -2.50. The van der Waals surface area contributed by atoms with Crippen LogP contribution in [-0.4, -0.2) is 43.2 Å². The molecule has 0 saturated heterocycles. The second-order valence-corrected chi connectivity index (χ2v) is 9.62. The number of rotatable bonds is 14. The summed E-state index contributed by atoms with van der Waals surface area (Å²) in [4.78, 5) is 13.1. The van der Waals surface area contributed by atoms with Crippen LogP contribution in [0.5, 0.6) is 0 Å². The second kappa shape index (κ2) is 12.9. The monoisotopic (exact) mass is 394 g/mol. The van der Waals surface area contributed by atoms with Gasteiger partial charge < -0.3 is 9.22 Å². The van der Waals surface area contributed by atoms with Crippen molar-refractivity contribution < 1.29 is 14.0 Å². The van der Waals surface area contributed by atoms with E-state index in [0.29, 0.717) is 18.4 Å². The molecule has 0 radical (unpaired) electrons. The van der Waals surface area contributed by atoms with Crippen LogP contribution < -0.4 is 0 Å². The molecule has 0 amide bonds. The van der Waals surface area contributed by atoms with Gasteiger partial charge in [0.2, 0.25) is 0 Å². The Bertz CT molecular complexity index is 404. The highest BCUT2D eigenvalue weighted by Crippen LogP contribution is 2.42. The number of hydrogen-bond donors (Lipinski definition) is 0. The predicted molar refractivity (Wildman–Crippen MR) is 118 cm³/mol. The normalized spacial score (nSPS) is 19.0. The molecule has 0 aliphatic heterocycles. The fraction of sp³-hybridized carbons (Fsp3) is 0.960. The molecule has 2 saturated carbocycles. The van der Waals surface area contributed by atoms with Crippen LogP contribution in [0, 0.1) is 17.8 Å². The Morgan fingerprint density at radius 3 is 1.86 bits per heavy atom. The second-order valence-electron chi connectivity index (χ2n) is 9.62. The molecule has 0 aromatic heterocycles. The van der Waals surface area contributed by atoms with Gasteiger partial charge in [0.25, 0.3) is 0 Å². The minimum Gasteiger partial charge on any atom is -0.459 e. The highest BCUT2D eigenvalue weighted by Gasteiger charge is 2.39. The number of ether oxygens (including phenoxy) is 1. The Morgan fingerprint density at radius 2 is 1.36 bits per heavy atom. The Kier molecular flexibility index (Phi) is 10.9. The zero-order chi connectivity index (χ0) is 20.2. The Morgan fingerprint density at radius 1 is 0.821 bits per heavy atom. The van der Waals surface area contributed by atoms with Crippen LogP contribution in [0.2, 0.25) is 0 Å². The first-order valence-corrected chi connectivity index (χ1v) is 12.7. The van der Waals surface area contributed by atoms with Crippen LogP contribution in [0.1, 0.15) is 104 Å². The number of quaternary nitrogens is 1. The summed E-state index contributed by atoms with van der Waals surface area (Å²) in [5.74, 6) is 1.55. The number of likely N-dealkylation sites (N-methyl/N-ethyl adjacent to an activating group) is 1. The van der Waals surface area contributed by atoms with E-state index in [0.717, 1.165) is 24.1 Å². The molecule has 0 bridgehead atoms. The van der Waals surface area contributed by atoms with Crippen LogP contribution in [0.25, 0.3) is 0 Å². The van der Waals surface area contributed by atoms with Crippen molar-refractivity contribution in [1.29, 1.82) is 0 Å². The molecule has 3 heteroatoms. The molecule has 2 rings (SSSR count). The van der Waals surface area contributed by atoms with Crippen molar-refractivity contribution in [3.05, 3.63) is 0 Å². The molecule has 0 atom stereocenters. The molecule has 0 aromatic carbocycles. The molecule has 0 N–H and O–H groups in total. The fourth-order valence-corrected chi connectivity index (χ4v) is 5.86. The average molecular weight is 395 g/mol. The fourth-order valence-electron chi connectivity index (χ4n) is 5.86. The van der Waals surface area contributed by atoms with E-state index in [1.807, 2.05) is 0 Å². The molecule has 28 heavy (non-hydrogen) atoms. The third-order valence-electron chi connectivity index (χ3n) is 7.98. The van der Waals surface area contributed by atoms with E-state index in [2.05, 4.69) is 20.8 Å². The third-order valence-corrected chi connectivity index (χ3v) is 7.98. The first kappa shape index (κ1) is 23.7. The molecule has 3 nitrogen and oxygen atoms in total. The van der Waals surface area contributed by atoms with Gasteiger partial charge in [0.1, 0.15) is 13.2 Å². The van der Waals surface area contributed by atoms with E-state index in [9.17, 15) is 4.79 Å². The van der Waals surface area contributed by atoms with Gasteiger partial charge in [-0.1, -0.05) is 51.9 Å². The Hall–Kier alpha value is -0.570. The van der Waals surface area contributed by atoms with E-state index in [4.69, 9.17) is 4.74 Å². The van der Waals surface area contributed by atoms with Crippen LogP contribution in [0.4, 0.5) is 0 Å². The van der Waals surface area contributed by atoms with Crippen molar-refractivity contribution in [2.24, 2.45) is 17.8 Å². The molecule has 2 aliphatic carbocycles. The Balaban J connectivity index is 1.82. The van der Waals surface area contributed by atoms with E-state index in [1.165, 1.54) is 90.0 Å². The van der Waals surface area contributed by atoms with Crippen molar-refractivity contribution in [3.8, 4) is 0 Å². The van der Waals surface area contributed by atoms with Crippen LogP contribution in [-0.2, 0) is 9.53 Å². The molecule has 0 unspecified atom stereocenters. The van der Waals surface area contributed by atoms with Crippen LogP contribution in [0.3, 0.4) is 0 Å². The van der Waals surface area contributed by atoms with Gasteiger partial charge in [-0.15, -0.1) is 0 Å². The number of hydrogen-bond acceptors (Lipinski definition) is 2. The van der Waals surface area contributed by atoms with E-state index >= 15 is 0 Å². The maximum absolute atomic E-state index is 13.1. The molecule has 2 aliphatic rings. The first-order valence-electron chi connectivity index (χ1n) is 12.7. The number of nitrogens with zero attached hydrogens (tertiary/aromatic N) is 1.